The number of aromatic nitrogens is 5. The van der Waals surface area contributed by atoms with Gasteiger partial charge in [-0.25, -0.2) is 9.97 Å². The zero-order valence-electron chi connectivity index (χ0n) is 12.0. The highest BCUT2D eigenvalue weighted by Gasteiger charge is 2.14. The first kappa shape index (κ1) is 15.4. The van der Waals surface area contributed by atoms with E-state index in [2.05, 4.69) is 25.6 Å². The molecule has 2 aromatic heterocycles. The minimum Gasteiger partial charge on any atom is -0.351 e. The summed E-state index contributed by atoms with van der Waals surface area (Å²) in [5.41, 5.74) is 0.219. The Kier molecular flexibility index (Phi) is 5.21. The third-order valence-corrected chi connectivity index (χ3v) is 3.09. The lowest BCUT2D eigenvalue weighted by Crippen LogP contribution is -2.27. The maximum absolute atomic E-state index is 12.1. The predicted molar refractivity (Wildman–Crippen MR) is 78.1 cm³/mol. The highest BCUT2D eigenvalue weighted by molar-refractivity contribution is 6.33. The van der Waals surface area contributed by atoms with Crippen LogP contribution in [0.1, 0.15) is 42.5 Å². The number of nitrogens with zero attached hydrogens (tertiary/aromatic N) is 5. The average molecular weight is 309 g/mol. The van der Waals surface area contributed by atoms with Crippen LogP contribution in [0.2, 0.25) is 5.02 Å². The topological polar surface area (TPSA) is 85.6 Å². The minimum absolute atomic E-state index is 0.140. The van der Waals surface area contributed by atoms with E-state index in [4.69, 9.17) is 11.6 Å². The van der Waals surface area contributed by atoms with Crippen molar-refractivity contribution in [2.45, 2.75) is 32.7 Å². The van der Waals surface area contributed by atoms with Gasteiger partial charge < -0.3 is 5.32 Å². The monoisotopic (exact) mass is 308 g/mol. The summed E-state index contributed by atoms with van der Waals surface area (Å²) in [7, 11) is 0. The summed E-state index contributed by atoms with van der Waals surface area (Å²) in [6.07, 6.45) is 5.60. The van der Waals surface area contributed by atoms with Crippen LogP contribution in [0, 0.1) is 0 Å². The fourth-order valence-electron chi connectivity index (χ4n) is 1.70. The Morgan fingerprint density at radius 2 is 2.29 bits per heavy atom. The fourth-order valence-corrected chi connectivity index (χ4v) is 1.87. The van der Waals surface area contributed by atoms with E-state index in [1.165, 1.54) is 6.20 Å². The number of carbonyl (C=O) groups is 1. The van der Waals surface area contributed by atoms with Gasteiger partial charge in [0.05, 0.1) is 17.4 Å². The smallest absolute Gasteiger partial charge is 0.271 e. The van der Waals surface area contributed by atoms with Gasteiger partial charge in [0.15, 0.2) is 0 Å². The van der Waals surface area contributed by atoms with Crippen LogP contribution < -0.4 is 5.32 Å². The SMILES string of the molecule is CC(C)c1ncc(Cl)c(C(=O)NCCCn2ccnn2)n1. The number of hydrogen-bond acceptors (Lipinski definition) is 5. The average Bonchev–Trinajstić information content (AvgIpc) is 2.96. The van der Waals surface area contributed by atoms with Gasteiger partial charge in [0.1, 0.15) is 11.5 Å². The lowest BCUT2D eigenvalue weighted by Gasteiger charge is -2.09. The van der Waals surface area contributed by atoms with Crippen LogP contribution in [0.4, 0.5) is 0 Å². The molecule has 2 aromatic rings. The number of amides is 1. The highest BCUT2D eigenvalue weighted by Crippen LogP contribution is 2.16. The maximum Gasteiger partial charge on any atom is 0.271 e. The molecule has 2 heterocycles. The van der Waals surface area contributed by atoms with Gasteiger partial charge in [-0.2, -0.15) is 0 Å². The van der Waals surface area contributed by atoms with Crippen molar-refractivity contribution < 1.29 is 4.79 Å². The van der Waals surface area contributed by atoms with E-state index in [-0.39, 0.29) is 22.5 Å². The van der Waals surface area contributed by atoms with Crippen molar-refractivity contribution in [1.82, 2.24) is 30.3 Å². The van der Waals surface area contributed by atoms with Gasteiger partial charge in [0.25, 0.3) is 5.91 Å². The lowest BCUT2D eigenvalue weighted by molar-refractivity contribution is 0.0947. The Morgan fingerprint density at radius 1 is 1.48 bits per heavy atom. The molecule has 0 fully saturated rings. The van der Waals surface area contributed by atoms with E-state index in [9.17, 15) is 4.79 Å². The summed E-state index contributed by atoms with van der Waals surface area (Å²) in [4.78, 5) is 20.4. The number of hydrogen-bond donors (Lipinski definition) is 1. The van der Waals surface area contributed by atoms with Gasteiger partial charge in [0, 0.05) is 25.2 Å². The van der Waals surface area contributed by atoms with Gasteiger partial charge in [-0.05, 0) is 6.42 Å². The summed E-state index contributed by atoms with van der Waals surface area (Å²) in [6, 6.07) is 0. The minimum atomic E-state index is -0.289. The molecule has 0 spiro atoms. The van der Waals surface area contributed by atoms with Crippen LogP contribution in [-0.2, 0) is 6.54 Å². The van der Waals surface area contributed by atoms with E-state index in [1.807, 2.05) is 13.8 Å². The molecule has 0 bridgehead atoms. The van der Waals surface area contributed by atoms with Crippen LogP contribution >= 0.6 is 11.6 Å². The first-order valence-corrected chi connectivity index (χ1v) is 7.10. The molecule has 112 valence electrons. The molecule has 0 aliphatic heterocycles. The first-order valence-electron chi connectivity index (χ1n) is 6.72. The van der Waals surface area contributed by atoms with Gasteiger partial charge in [0.2, 0.25) is 0 Å². The number of halogens is 1. The van der Waals surface area contributed by atoms with E-state index < -0.39 is 0 Å². The van der Waals surface area contributed by atoms with Crippen molar-refractivity contribution in [1.29, 1.82) is 0 Å². The molecular weight excluding hydrogens is 292 g/mol. The second kappa shape index (κ2) is 7.12. The highest BCUT2D eigenvalue weighted by atomic mass is 35.5. The summed E-state index contributed by atoms with van der Waals surface area (Å²) in [5, 5.41) is 10.6. The molecule has 1 N–H and O–H groups in total. The van der Waals surface area contributed by atoms with Crippen molar-refractivity contribution >= 4 is 17.5 Å². The molecule has 0 saturated heterocycles. The molecule has 21 heavy (non-hydrogen) atoms. The van der Waals surface area contributed by atoms with Crippen molar-refractivity contribution in [3.63, 3.8) is 0 Å². The molecule has 0 aliphatic carbocycles. The number of nitrogens with one attached hydrogen (secondary N) is 1. The second-order valence-corrected chi connectivity index (χ2v) is 5.26. The van der Waals surface area contributed by atoms with E-state index >= 15 is 0 Å². The third-order valence-electron chi connectivity index (χ3n) is 2.82. The summed E-state index contributed by atoms with van der Waals surface area (Å²) in [5.74, 6) is 0.455. The molecule has 0 radical (unpaired) electrons. The largest absolute Gasteiger partial charge is 0.351 e. The summed E-state index contributed by atoms with van der Waals surface area (Å²) in [6.45, 7) is 5.12. The van der Waals surface area contributed by atoms with E-state index in [0.29, 0.717) is 18.9 Å². The lowest BCUT2D eigenvalue weighted by atomic mass is 10.2. The predicted octanol–water partition coefficient (Wildman–Crippen LogP) is 1.66. The molecule has 8 heteroatoms. The molecular formula is C13H17ClN6O. The van der Waals surface area contributed by atoms with Crippen molar-refractivity contribution in [2.75, 3.05) is 6.54 Å². The number of carbonyl (C=O) groups excluding carboxylic acids is 1. The van der Waals surface area contributed by atoms with Crippen LogP contribution in [0.25, 0.3) is 0 Å². The molecule has 0 unspecified atom stereocenters. The number of aryl methyl sites for hydroxylation is 1. The Bertz CT molecular complexity index is 599. The molecule has 2 rings (SSSR count). The van der Waals surface area contributed by atoms with E-state index in [1.54, 1.807) is 17.1 Å². The quantitative estimate of drug-likeness (QED) is 0.820. The van der Waals surface area contributed by atoms with Crippen LogP contribution in [-0.4, -0.2) is 37.4 Å². The molecule has 1 amide bonds. The maximum atomic E-state index is 12.1. The first-order chi connectivity index (χ1) is 10.1. The molecule has 0 aromatic carbocycles. The second-order valence-electron chi connectivity index (χ2n) is 4.86. The van der Waals surface area contributed by atoms with E-state index in [0.717, 1.165) is 6.42 Å². The van der Waals surface area contributed by atoms with Gasteiger partial charge in [-0.15, -0.1) is 5.10 Å². The normalized spacial score (nSPS) is 10.9. The third kappa shape index (κ3) is 4.22. The Hall–Kier alpha value is -2.02. The summed E-state index contributed by atoms with van der Waals surface area (Å²) < 4.78 is 1.71. The standard InChI is InChI=1S/C13H17ClN6O/c1-9(2)12-16-8-10(14)11(18-12)13(21)15-4-3-6-20-7-5-17-19-20/h5,7-9H,3-4,6H2,1-2H3,(H,15,21). The summed E-state index contributed by atoms with van der Waals surface area (Å²) >= 11 is 5.98. The Labute approximate surface area is 127 Å². The van der Waals surface area contributed by atoms with Crippen LogP contribution in [0.5, 0.6) is 0 Å². The molecule has 7 nitrogen and oxygen atoms in total. The van der Waals surface area contributed by atoms with Gasteiger partial charge >= 0.3 is 0 Å². The molecule has 0 aliphatic rings. The van der Waals surface area contributed by atoms with Gasteiger partial charge in [-0.1, -0.05) is 30.7 Å². The number of rotatable bonds is 6. The van der Waals surface area contributed by atoms with Crippen molar-refractivity contribution in [2.24, 2.45) is 0 Å². The van der Waals surface area contributed by atoms with Crippen LogP contribution in [0.3, 0.4) is 0 Å². The molecule has 0 atom stereocenters. The van der Waals surface area contributed by atoms with Crippen molar-refractivity contribution in [3.05, 3.63) is 35.1 Å². The van der Waals surface area contributed by atoms with Crippen molar-refractivity contribution in [3.8, 4) is 0 Å². The van der Waals surface area contributed by atoms with Crippen LogP contribution in [0.15, 0.2) is 18.6 Å². The molecule has 0 saturated carbocycles. The van der Waals surface area contributed by atoms with Gasteiger partial charge in [-0.3, -0.25) is 9.48 Å². The Morgan fingerprint density at radius 3 is 2.95 bits per heavy atom. The Balaban J connectivity index is 1.89. The zero-order chi connectivity index (χ0) is 15.2. The zero-order valence-corrected chi connectivity index (χ0v) is 12.7. The fraction of sp³-hybridized carbons (Fsp3) is 0.462.